The molecule has 4 N–H and O–H groups in total. The minimum absolute atomic E-state index is 0.185. The van der Waals surface area contributed by atoms with Gasteiger partial charge in [0.1, 0.15) is 0 Å². The number of rotatable bonds is 50. The maximum atomic E-state index is 12.7. The van der Waals surface area contributed by atoms with Gasteiger partial charge in [-0.25, -0.2) is 4.57 Å². The summed E-state index contributed by atoms with van der Waals surface area (Å²) >= 11 is 0. The van der Waals surface area contributed by atoms with E-state index in [0.29, 0.717) is 12.8 Å². The van der Waals surface area contributed by atoms with Gasteiger partial charge in [0, 0.05) is 6.42 Å². The maximum absolute atomic E-state index is 12.7. The lowest BCUT2D eigenvalue weighted by Crippen LogP contribution is -2.46. The number of carbonyl (C=O) groups excluding carboxylic acids is 1. The average Bonchev–Trinajstić information content (AvgIpc) is 3.21. The molecular weight excluding hydrogens is 754 g/mol. The van der Waals surface area contributed by atoms with Crippen molar-refractivity contribution in [1.29, 1.82) is 0 Å². The van der Waals surface area contributed by atoms with Crippen LogP contribution in [0.4, 0.5) is 0 Å². The van der Waals surface area contributed by atoms with Crippen molar-refractivity contribution < 1.29 is 28.8 Å². The van der Waals surface area contributed by atoms with E-state index >= 15 is 0 Å². The molecule has 0 aliphatic heterocycles. The Morgan fingerprint density at radius 1 is 0.424 bits per heavy atom. The molecule has 8 heteroatoms. The fraction of sp³-hybridized carbons (Fsp3) is 0.980. The van der Waals surface area contributed by atoms with E-state index in [1.807, 2.05) is 0 Å². The first-order chi connectivity index (χ1) is 28.8. The minimum atomic E-state index is -4.69. The highest BCUT2D eigenvalue weighted by atomic mass is 31.2. The first kappa shape index (κ1) is 58.5. The second kappa shape index (κ2) is 47.0. The zero-order chi connectivity index (χ0) is 43.2. The van der Waals surface area contributed by atoms with Gasteiger partial charge in [0.2, 0.25) is 5.91 Å². The van der Waals surface area contributed by atoms with Crippen molar-refractivity contribution in [2.45, 2.75) is 315 Å². The predicted octanol–water partition coefficient (Wildman–Crippen LogP) is 16.5. The summed E-state index contributed by atoms with van der Waals surface area (Å²) in [6.45, 7) is 4.17. The summed E-state index contributed by atoms with van der Waals surface area (Å²) in [6, 6.07) is -0.819. The number of hydrogen-bond acceptors (Lipinski definition) is 4. The third-order valence-electron chi connectivity index (χ3n) is 12.6. The molecule has 0 heterocycles. The molecular formula is C51H104NO6P. The fourth-order valence-electron chi connectivity index (χ4n) is 8.59. The number of phosphoric ester groups is 1. The van der Waals surface area contributed by atoms with E-state index in [-0.39, 0.29) is 5.91 Å². The van der Waals surface area contributed by atoms with Gasteiger partial charge < -0.3 is 20.2 Å². The Kier molecular flexibility index (Phi) is 46.7. The largest absolute Gasteiger partial charge is 0.469 e. The second-order valence-corrected chi connectivity index (χ2v) is 19.8. The lowest BCUT2D eigenvalue weighted by Gasteiger charge is -2.24. The van der Waals surface area contributed by atoms with Gasteiger partial charge in [0.15, 0.2) is 0 Å². The number of phosphoric acid groups is 1. The molecule has 0 saturated carbocycles. The van der Waals surface area contributed by atoms with Crippen LogP contribution in [0, 0.1) is 0 Å². The number of aliphatic hydroxyl groups excluding tert-OH is 1. The van der Waals surface area contributed by atoms with Gasteiger partial charge in [-0.05, 0) is 12.8 Å². The fourth-order valence-corrected chi connectivity index (χ4v) is 8.94. The summed E-state index contributed by atoms with van der Waals surface area (Å²) < 4.78 is 16.0. The third-order valence-corrected chi connectivity index (χ3v) is 13.1. The smallest absolute Gasteiger partial charge is 0.391 e. The molecule has 0 aliphatic rings. The quantitative estimate of drug-likeness (QED) is 0.0358. The van der Waals surface area contributed by atoms with Gasteiger partial charge in [0.25, 0.3) is 0 Å². The Morgan fingerprint density at radius 2 is 0.661 bits per heavy atom. The van der Waals surface area contributed by atoms with Gasteiger partial charge in [-0.1, -0.05) is 284 Å². The van der Waals surface area contributed by atoms with Crippen LogP contribution in [0.3, 0.4) is 0 Å². The van der Waals surface area contributed by atoms with Crippen LogP contribution in [0.1, 0.15) is 303 Å². The minimum Gasteiger partial charge on any atom is -0.391 e. The normalized spacial score (nSPS) is 13.0. The number of aliphatic hydroxyl groups is 1. The van der Waals surface area contributed by atoms with Crippen LogP contribution >= 0.6 is 7.82 Å². The zero-order valence-electron chi connectivity index (χ0n) is 39.7. The van der Waals surface area contributed by atoms with Crippen molar-refractivity contribution in [3.63, 3.8) is 0 Å². The Morgan fingerprint density at radius 3 is 0.915 bits per heavy atom. The van der Waals surface area contributed by atoms with E-state index in [1.54, 1.807) is 0 Å². The average molecular weight is 858 g/mol. The predicted molar refractivity (Wildman–Crippen MR) is 255 cm³/mol. The molecule has 2 atom stereocenters. The Hall–Kier alpha value is -0.460. The highest BCUT2D eigenvalue weighted by Gasteiger charge is 2.25. The number of unbranched alkanes of at least 4 members (excludes halogenated alkanes) is 41. The van der Waals surface area contributed by atoms with Crippen LogP contribution < -0.4 is 5.32 Å². The lowest BCUT2D eigenvalue weighted by atomic mass is 10.0. The van der Waals surface area contributed by atoms with Gasteiger partial charge in [-0.3, -0.25) is 9.32 Å². The molecule has 0 radical (unpaired) electrons. The monoisotopic (exact) mass is 858 g/mol. The molecule has 0 aromatic rings. The molecule has 0 aromatic carbocycles. The van der Waals surface area contributed by atoms with E-state index in [9.17, 15) is 24.3 Å². The summed E-state index contributed by atoms with van der Waals surface area (Å²) in [6.07, 6.45) is 56.9. The number of hydrogen-bond donors (Lipinski definition) is 4. The zero-order valence-corrected chi connectivity index (χ0v) is 40.6. The maximum Gasteiger partial charge on any atom is 0.469 e. The highest BCUT2D eigenvalue weighted by Crippen LogP contribution is 2.36. The SMILES string of the molecule is CCCCCCCCCCCCCCCCCCCCCCCCCCCCCC(=O)N[C@@H](COP(=O)(O)O)[C@H](O)CCCCCCCCCCCCCCCCCC. The van der Waals surface area contributed by atoms with Gasteiger partial charge in [-0.15, -0.1) is 0 Å². The Bertz CT molecular complexity index is 884. The summed E-state index contributed by atoms with van der Waals surface area (Å²) in [5.41, 5.74) is 0. The van der Waals surface area contributed by atoms with Gasteiger partial charge in [-0.2, -0.15) is 0 Å². The molecule has 0 bridgehead atoms. The molecule has 0 aliphatic carbocycles. The van der Waals surface area contributed by atoms with Gasteiger partial charge >= 0.3 is 7.82 Å². The van der Waals surface area contributed by atoms with E-state index < -0.39 is 26.6 Å². The van der Waals surface area contributed by atoms with E-state index in [0.717, 1.165) is 38.5 Å². The van der Waals surface area contributed by atoms with Gasteiger partial charge in [0.05, 0.1) is 18.8 Å². The second-order valence-electron chi connectivity index (χ2n) is 18.6. The standard InChI is InChI=1S/C51H104NO6P/c1-3-5-7-9-11-13-15-17-19-21-22-23-24-25-26-27-28-29-30-31-33-35-37-39-41-43-45-47-51(54)52-49(48-58-59(55,56)57)50(53)46-44-42-40-38-36-34-32-20-18-16-14-12-10-8-6-4-2/h49-50,53H,3-48H2,1-2H3,(H,52,54)(H2,55,56,57)/t49-,50+/m0/s1. The van der Waals surface area contributed by atoms with Crippen LogP contribution in [-0.4, -0.2) is 39.6 Å². The highest BCUT2D eigenvalue weighted by molar-refractivity contribution is 7.46. The molecule has 354 valence electrons. The van der Waals surface area contributed by atoms with Crippen LogP contribution in [0.5, 0.6) is 0 Å². The van der Waals surface area contributed by atoms with Crippen LogP contribution in [0.2, 0.25) is 0 Å². The summed E-state index contributed by atoms with van der Waals surface area (Å²) in [7, 11) is -4.69. The summed E-state index contributed by atoms with van der Waals surface area (Å²) in [4.78, 5) is 31.1. The summed E-state index contributed by atoms with van der Waals surface area (Å²) in [5.74, 6) is -0.185. The van der Waals surface area contributed by atoms with E-state index in [2.05, 4.69) is 19.2 Å². The number of carbonyl (C=O) groups is 1. The van der Waals surface area contributed by atoms with Crippen molar-refractivity contribution in [2.24, 2.45) is 0 Å². The first-order valence-electron chi connectivity index (χ1n) is 26.5. The summed E-state index contributed by atoms with van der Waals surface area (Å²) in [5, 5.41) is 13.6. The van der Waals surface area contributed by atoms with E-state index in [4.69, 9.17) is 4.52 Å². The molecule has 0 aromatic heterocycles. The van der Waals surface area contributed by atoms with E-state index in [1.165, 1.54) is 238 Å². The molecule has 7 nitrogen and oxygen atoms in total. The van der Waals surface area contributed by atoms with Crippen molar-refractivity contribution in [3.05, 3.63) is 0 Å². The Balaban J connectivity index is 3.70. The molecule has 0 saturated heterocycles. The number of nitrogens with one attached hydrogen (secondary N) is 1. The third kappa shape index (κ3) is 48.4. The molecule has 0 fully saturated rings. The number of amides is 1. The van der Waals surface area contributed by atoms with Crippen molar-refractivity contribution in [3.8, 4) is 0 Å². The van der Waals surface area contributed by atoms with Crippen LogP contribution in [0.25, 0.3) is 0 Å². The van der Waals surface area contributed by atoms with Crippen molar-refractivity contribution >= 4 is 13.7 Å². The first-order valence-corrected chi connectivity index (χ1v) is 28.0. The molecule has 0 unspecified atom stereocenters. The topological polar surface area (TPSA) is 116 Å². The van der Waals surface area contributed by atoms with Crippen LogP contribution in [0.15, 0.2) is 0 Å². The molecule has 0 rings (SSSR count). The van der Waals surface area contributed by atoms with Crippen molar-refractivity contribution in [1.82, 2.24) is 5.32 Å². The lowest BCUT2D eigenvalue weighted by molar-refractivity contribution is -0.123. The molecule has 59 heavy (non-hydrogen) atoms. The Labute approximate surface area is 368 Å². The van der Waals surface area contributed by atoms with Crippen molar-refractivity contribution in [2.75, 3.05) is 6.61 Å². The molecule has 1 amide bonds. The molecule has 0 spiro atoms. The van der Waals surface area contributed by atoms with Crippen LogP contribution in [-0.2, 0) is 13.9 Å².